The van der Waals surface area contributed by atoms with Crippen LogP contribution in [0.4, 0.5) is 0 Å². The molecule has 202 valence electrons. The Balaban J connectivity index is 1.81. The van der Waals surface area contributed by atoms with Gasteiger partial charge in [0.1, 0.15) is 34.1 Å². The third-order valence-electron chi connectivity index (χ3n) is 6.39. The molecule has 0 fully saturated rings. The van der Waals surface area contributed by atoms with Crippen molar-refractivity contribution in [2.24, 2.45) is 0 Å². The monoisotopic (exact) mass is 522 g/mol. The SMILES string of the molecule is COC(=O)c1ccc(CCc2cc(CCc3ccc(C(=O)OC)c(OC)c3)c(OC)cc2OC)cc1OC. The van der Waals surface area contributed by atoms with E-state index in [-0.39, 0.29) is 0 Å². The lowest BCUT2D eigenvalue weighted by atomic mass is 9.96. The summed E-state index contributed by atoms with van der Waals surface area (Å²) in [6, 6.07) is 15.0. The lowest BCUT2D eigenvalue weighted by Crippen LogP contribution is -2.06. The van der Waals surface area contributed by atoms with Gasteiger partial charge in [0, 0.05) is 6.07 Å². The molecule has 0 unspecified atom stereocenters. The number of rotatable bonds is 12. The van der Waals surface area contributed by atoms with Gasteiger partial charge in [0.15, 0.2) is 0 Å². The number of methoxy groups -OCH3 is 6. The lowest BCUT2D eigenvalue weighted by Gasteiger charge is -2.16. The molecule has 0 aliphatic heterocycles. The smallest absolute Gasteiger partial charge is 0.341 e. The number of hydrogen-bond donors (Lipinski definition) is 0. The molecule has 0 bridgehead atoms. The van der Waals surface area contributed by atoms with Gasteiger partial charge in [-0.2, -0.15) is 0 Å². The first-order valence-corrected chi connectivity index (χ1v) is 12.1. The molecular weight excluding hydrogens is 488 g/mol. The van der Waals surface area contributed by atoms with Crippen LogP contribution in [0.1, 0.15) is 43.0 Å². The molecule has 0 aliphatic rings. The maximum atomic E-state index is 12.0. The first-order valence-electron chi connectivity index (χ1n) is 12.1. The highest BCUT2D eigenvalue weighted by molar-refractivity contribution is 5.93. The van der Waals surface area contributed by atoms with Crippen LogP contribution in [0.5, 0.6) is 23.0 Å². The first-order chi connectivity index (χ1) is 18.4. The van der Waals surface area contributed by atoms with Crippen LogP contribution in [0.2, 0.25) is 0 Å². The highest BCUT2D eigenvalue weighted by atomic mass is 16.5. The summed E-state index contributed by atoms with van der Waals surface area (Å²) in [6.07, 6.45) is 2.85. The molecule has 0 amide bonds. The standard InChI is InChI=1S/C30H34O8/c1-33-25-18-26(34-2)22(12-8-20-10-14-24(30(32)38-6)28(16-20)36-4)17-21(25)11-7-19-9-13-23(29(31)37-5)27(15-19)35-3/h9-10,13-18H,7-8,11-12H2,1-6H3. The molecule has 0 atom stereocenters. The van der Waals surface area contributed by atoms with E-state index in [1.807, 2.05) is 30.3 Å². The summed E-state index contributed by atoms with van der Waals surface area (Å²) in [5, 5.41) is 0. The van der Waals surface area contributed by atoms with Crippen LogP contribution < -0.4 is 18.9 Å². The zero-order valence-electron chi connectivity index (χ0n) is 22.7. The summed E-state index contributed by atoms with van der Waals surface area (Å²) in [5.74, 6) is 1.57. The molecule has 0 aromatic heterocycles. The molecule has 0 spiro atoms. The third kappa shape index (κ3) is 6.56. The Morgan fingerprint density at radius 3 is 1.24 bits per heavy atom. The Bertz CT molecular complexity index is 1190. The molecule has 3 aromatic rings. The first kappa shape index (κ1) is 28.4. The van der Waals surface area contributed by atoms with Crippen LogP contribution in [-0.4, -0.2) is 54.6 Å². The van der Waals surface area contributed by atoms with Crippen LogP contribution in [0.3, 0.4) is 0 Å². The molecule has 8 nitrogen and oxygen atoms in total. The van der Waals surface area contributed by atoms with Crippen LogP contribution in [0.25, 0.3) is 0 Å². The van der Waals surface area contributed by atoms with Crippen LogP contribution in [-0.2, 0) is 35.2 Å². The van der Waals surface area contributed by atoms with Crippen molar-refractivity contribution in [3.05, 3.63) is 81.9 Å². The number of carbonyl (C=O) groups is 2. The minimum atomic E-state index is -0.438. The van der Waals surface area contributed by atoms with Crippen molar-refractivity contribution in [2.75, 3.05) is 42.7 Å². The van der Waals surface area contributed by atoms with Gasteiger partial charge in [-0.15, -0.1) is 0 Å². The van der Waals surface area contributed by atoms with E-state index in [1.54, 1.807) is 26.4 Å². The van der Waals surface area contributed by atoms with Gasteiger partial charge in [0.05, 0.1) is 42.7 Å². The van der Waals surface area contributed by atoms with Gasteiger partial charge < -0.3 is 28.4 Å². The Kier molecular flexibility index (Phi) is 9.99. The number of benzene rings is 3. The molecule has 0 radical (unpaired) electrons. The maximum absolute atomic E-state index is 12.0. The molecule has 8 heteroatoms. The average Bonchev–Trinajstić information content (AvgIpc) is 2.97. The van der Waals surface area contributed by atoms with E-state index < -0.39 is 11.9 Å². The molecule has 3 rings (SSSR count). The lowest BCUT2D eigenvalue weighted by molar-refractivity contribution is 0.0588. The average molecular weight is 523 g/mol. The number of esters is 2. The minimum Gasteiger partial charge on any atom is -0.496 e. The summed E-state index contributed by atoms with van der Waals surface area (Å²) in [4.78, 5) is 23.9. The molecule has 0 aliphatic carbocycles. The number of aryl methyl sites for hydroxylation is 4. The number of hydrogen-bond acceptors (Lipinski definition) is 8. The van der Waals surface area contributed by atoms with Crippen LogP contribution >= 0.6 is 0 Å². The molecule has 38 heavy (non-hydrogen) atoms. The Hall–Kier alpha value is -4.20. The van der Waals surface area contributed by atoms with E-state index in [4.69, 9.17) is 28.4 Å². The van der Waals surface area contributed by atoms with Crippen molar-refractivity contribution in [2.45, 2.75) is 25.7 Å². The third-order valence-corrected chi connectivity index (χ3v) is 6.39. The van der Waals surface area contributed by atoms with Crippen molar-refractivity contribution in [1.82, 2.24) is 0 Å². The van der Waals surface area contributed by atoms with Gasteiger partial charge in [0.2, 0.25) is 0 Å². The second kappa shape index (κ2) is 13.4. The van der Waals surface area contributed by atoms with Gasteiger partial charge in [-0.05, 0) is 78.3 Å². The summed E-state index contributed by atoms with van der Waals surface area (Å²) < 4.78 is 31.8. The summed E-state index contributed by atoms with van der Waals surface area (Å²) in [6.45, 7) is 0. The normalized spacial score (nSPS) is 10.5. The van der Waals surface area contributed by atoms with Crippen molar-refractivity contribution >= 4 is 11.9 Å². The molecule has 0 saturated heterocycles. The predicted octanol–water partition coefficient (Wildman–Crippen LogP) is 4.86. The van der Waals surface area contributed by atoms with E-state index in [2.05, 4.69) is 6.07 Å². The largest absolute Gasteiger partial charge is 0.496 e. The predicted molar refractivity (Wildman–Crippen MR) is 143 cm³/mol. The summed E-state index contributed by atoms with van der Waals surface area (Å²) in [5.41, 5.74) is 4.90. The highest BCUT2D eigenvalue weighted by Gasteiger charge is 2.16. The van der Waals surface area contributed by atoms with Gasteiger partial charge in [-0.1, -0.05) is 12.1 Å². The van der Waals surface area contributed by atoms with E-state index in [9.17, 15) is 9.59 Å². The van der Waals surface area contributed by atoms with Gasteiger partial charge in [0.25, 0.3) is 0 Å². The van der Waals surface area contributed by atoms with E-state index in [0.717, 1.165) is 33.8 Å². The second-order valence-corrected chi connectivity index (χ2v) is 8.53. The molecule has 0 saturated carbocycles. The maximum Gasteiger partial charge on any atom is 0.341 e. The molecular formula is C30H34O8. The van der Waals surface area contributed by atoms with E-state index >= 15 is 0 Å². The summed E-state index contributed by atoms with van der Waals surface area (Å²) in [7, 11) is 9.03. The fourth-order valence-electron chi connectivity index (χ4n) is 4.33. The van der Waals surface area contributed by atoms with E-state index in [1.165, 1.54) is 28.4 Å². The van der Waals surface area contributed by atoms with Crippen molar-refractivity contribution in [1.29, 1.82) is 0 Å². The minimum absolute atomic E-state index is 0.388. The van der Waals surface area contributed by atoms with Crippen LogP contribution in [0, 0.1) is 0 Å². The zero-order valence-corrected chi connectivity index (χ0v) is 22.7. The van der Waals surface area contributed by atoms with E-state index in [0.29, 0.717) is 48.3 Å². The fraction of sp³-hybridized carbons (Fsp3) is 0.333. The van der Waals surface area contributed by atoms with Crippen molar-refractivity contribution in [3.63, 3.8) is 0 Å². The van der Waals surface area contributed by atoms with Gasteiger partial charge in [-0.25, -0.2) is 9.59 Å². The zero-order chi connectivity index (χ0) is 27.7. The van der Waals surface area contributed by atoms with Crippen molar-refractivity contribution in [3.8, 4) is 23.0 Å². The number of ether oxygens (including phenoxy) is 6. The quantitative estimate of drug-likeness (QED) is 0.312. The Morgan fingerprint density at radius 2 is 0.895 bits per heavy atom. The molecule has 3 aromatic carbocycles. The molecule has 0 N–H and O–H groups in total. The molecule has 0 heterocycles. The Morgan fingerprint density at radius 1 is 0.500 bits per heavy atom. The van der Waals surface area contributed by atoms with Gasteiger partial charge in [-0.3, -0.25) is 0 Å². The van der Waals surface area contributed by atoms with Crippen molar-refractivity contribution < 1.29 is 38.0 Å². The number of carbonyl (C=O) groups excluding carboxylic acids is 2. The van der Waals surface area contributed by atoms with Crippen LogP contribution in [0.15, 0.2) is 48.5 Å². The highest BCUT2D eigenvalue weighted by Crippen LogP contribution is 2.32. The van der Waals surface area contributed by atoms with Gasteiger partial charge >= 0.3 is 11.9 Å². The fourth-order valence-corrected chi connectivity index (χ4v) is 4.33. The second-order valence-electron chi connectivity index (χ2n) is 8.53. The topological polar surface area (TPSA) is 89.5 Å². The summed E-state index contributed by atoms with van der Waals surface area (Å²) >= 11 is 0. The Labute approximate surface area is 223 Å².